The van der Waals surface area contributed by atoms with Gasteiger partial charge in [-0.05, 0) is 104 Å². The minimum Gasteiger partial charge on any atom is -0.383 e. The maximum atomic E-state index is 5.28. The predicted molar refractivity (Wildman–Crippen MR) is 256 cm³/mol. The third kappa shape index (κ3) is 5.72. The lowest BCUT2D eigenvalue weighted by atomic mass is 9.65. The molecule has 0 fully saturated rings. The normalized spacial score (nSPS) is 16.6. The lowest BCUT2D eigenvalue weighted by Crippen LogP contribution is -2.41. The first-order valence-electron chi connectivity index (χ1n) is 21.5. The van der Waals surface area contributed by atoms with E-state index in [9.17, 15) is 0 Å². The number of anilines is 3. The number of allylic oxidation sites excluding steroid dienone is 4. The number of nitrogens with one attached hydrogen (secondary N) is 2. The van der Waals surface area contributed by atoms with E-state index in [2.05, 4.69) is 240 Å². The maximum absolute atomic E-state index is 5.28. The Morgan fingerprint density at radius 2 is 1.08 bits per heavy atom. The molecule has 4 aliphatic rings. The van der Waals surface area contributed by atoms with Crippen LogP contribution in [-0.4, -0.2) is 12.3 Å². The molecule has 3 aliphatic heterocycles. The number of hydrogen-bond acceptors (Lipinski definition) is 4. The zero-order valence-electron chi connectivity index (χ0n) is 34.0. The van der Waals surface area contributed by atoms with Crippen molar-refractivity contribution >= 4 is 34.0 Å². The second-order valence-electron chi connectivity index (χ2n) is 16.3. The second kappa shape index (κ2) is 14.6. The van der Waals surface area contributed by atoms with Crippen molar-refractivity contribution in [2.45, 2.75) is 11.6 Å². The summed E-state index contributed by atoms with van der Waals surface area (Å²) in [5.41, 5.74) is 20.6. The lowest BCUT2D eigenvalue weighted by molar-refractivity contribution is 0.659. The molecule has 0 amide bonds. The smallest absolute Gasteiger partial charge is 0.145 e. The van der Waals surface area contributed by atoms with Crippen LogP contribution in [0.5, 0.6) is 0 Å². The fourth-order valence-electron chi connectivity index (χ4n) is 10.1. The van der Waals surface area contributed by atoms with E-state index in [1.54, 1.807) is 0 Å². The largest absolute Gasteiger partial charge is 0.383 e. The summed E-state index contributed by atoms with van der Waals surface area (Å²) in [6.07, 6.45) is 6.55. The summed E-state index contributed by atoms with van der Waals surface area (Å²) in [5.74, 6) is 0. The van der Waals surface area contributed by atoms with Crippen LogP contribution in [-0.2, 0) is 5.41 Å². The van der Waals surface area contributed by atoms with Crippen LogP contribution in [0.1, 0.15) is 45.1 Å². The van der Waals surface area contributed by atoms with Gasteiger partial charge in [-0.2, -0.15) is 0 Å². The predicted octanol–water partition coefficient (Wildman–Crippen LogP) is 13.2. The summed E-state index contributed by atoms with van der Waals surface area (Å²) >= 11 is 0. The van der Waals surface area contributed by atoms with Crippen LogP contribution in [0.2, 0.25) is 0 Å². The Hall–Kier alpha value is -7.95. The molecular formula is C58H42N4. The van der Waals surface area contributed by atoms with Crippen molar-refractivity contribution in [1.82, 2.24) is 10.6 Å². The number of aliphatic imine (C=N–C) groups is 1. The van der Waals surface area contributed by atoms with Crippen LogP contribution in [0.3, 0.4) is 0 Å². The number of rotatable bonds is 6. The van der Waals surface area contributed by atoms with Crippen LogP contribution in [0.15, 0.2) is 235 Å². The van der Waals surface area contributed by atoms with Gasteiger partial charge < -0.3 is 15.5 Å². The molecule has 0 aromatic heterocycles. The molecule has 2 N–H and O–H groups in total. The van der Waals surface area contributed by atoms with Crippen LogP contribution in [0.4, 0.5) is 17.1 Å². The Morgan fingerprint density at radius 1 is 0.500 bits per heavy atom. The molecule has 12 rings (SSSR count). The summed E-state index contributed by atoms with van der Waals surface area (Å²) in [6, 6.07) is 74.7. The Morgan fingerprint density at radius 3 is 1.82 bits per heavy atom. The van der Waals surface area contributed by atoms with E-state index in [0.29, 0.717) is 0 Å². The molecule has 294 valence electrons. The van der Waals surface area contributed by atoms with Crippen molar-refractivity contribution in [3.05, 3.63) is 269 Å². The first-order valence-corrected chi connectivity index (χ1v) is 21.5. The molecule has 8 aromatic rings. The van der Waals surface area contributed by atoms with Crippen molar-refractivity contribution in [3.8, 4) is 22.3 Å². The Balaban J connectivity index is 0.982. The molecule has 4 heteroatoms. The van der Waals surface area contributed by atoms with Gasteiger partial charge in [-0.1, -0.05) is 182 Å². The number of fused-ring (bicyclic) bond motifs is 8. The minimum absolute atomic E-state index is 0.233. The second-order valence-corrected chi connectivity index (χ2v) is 16.3. The molecule has 4 nitrogen and oxygen atoms in total. The number of dihydropyridines is 1. The molecule has 0 radical (unpaired) electrons. The summed E-state index contributed by atoms with van der Waals surface area (Å²) in [5, 5.41) is 7.74. The third-order valence-corrected chi connectivity index (χ3v) is 12.9. The minimum atomic E-state index is -0.542. The molecule has 1 atom stereocenters. The average molecular weight is 795 g/mol. The highest BCUT2D eigenvalue weighted by molar-refractivity contribution is 6.13. The van der Waals surface area contributed by atoms with Gasteiger partial charge in [0, 0.05) is 29.2 Å². The van der Waals surface area contributed by atoms with Crippen LogP contribution in [0.25, 0.3) is 33.5 Å². The topological polar surface area (TPSA) is 39.7 Å². The van der Waals surface area contributed by atoms with E-state index in [1.807, 2.05) is 0 Å². The molecule has 3 heterocycles. The van der Waals surface area contributed by atoms with E-state index in [1.165, 1.54) is 61.6 Å². The zero-order chi connectivity index (χ0) is 41.0. The van der Waals surface area contributed by atoms with Crippen molar-refractivity contribution in [1.29, 1.82) is 0 Å². The number of hydrogen-bond donors (Lipinski definition) is 2. The van der Waals surface area contributed by atoms with E-state index >= 15 is 0 Å². The van der Waals surface area contributed by atoms with E-state index in [4.69, 9.17) is 4.99 Å². The highest BCUT2D eigenvalue weighted by atomic mass is 15.2. The first-order chi connectivity index (χ1) is 30.7. The van der Waals surface area contributed by atoms with Gasteiger partial charge in [-0.15, -0.1) is 0 Å². The Labute approximate surface area is 362 Å². The quantitative estimate of drug-likeness (QED) is 0.176. The van der Waals surface area contributed by atoms with E-state index in [-0.39, 0.29) is 6.17 Å². The summed E-state index contributed by atoms with van der Waals surface area (Å²) < 4.78 is 0. The van der Waals surface area contributed by atoms with E-state index in [0.717, 1.165) is 45.9 Å². The molecule has 0 saturated carbocycles. The van der Waals surface area contributed by atoms with Crippen LogP contribution >= 0.6 is 0 Å². The molecule has 8 aromatic carbocycles. The number of para-hydroxylation sites is 3. The van der Waals surface area contributed by atoms with Gasteiger partial charge in [0.2, 0.25) is 0 Å². The van der Waals surface area contributed by atoms with E-state index < -0.39 is 5.41 Å². The average Bonchev–Trinajstić information content (AvgIpc) is 3.65. The monoisotopic (exact) mass is 794 g/mol. The third-order valence-electron chi connectivity index (χ3n) is 12.9. The van der Waals surface area contributed by atoms with Gasteiger partial charge in [-0.25, -0.2) is 0 Å². The lowest BCUT2D eigenvalue weighted by Gasteiger charge is -2.46. The van der Waals surface area contributed by atoms with Crippen molar-refractivity contribution in [2.24, 2.45) is 4.99 Å². The van der Waals surface area contributed by atoms with Crippen LogP contribution < -0.4 is 15.5 Å². The fourth-order valence-corrected chi connectivity index (χ4v) is 10.1. The zero-order valence-corrected chi connectivity index (χ0v) is 34.0. The summed E-state index contributed by atoms with van der Waals surface area (Å²) in [6.45, 7) is 0.782. The Kier molecular flexibility index (Phi) is 8.49. The van der Waals surface area contributed by atoms with Gasteiger partial charge in [0.15, 0.2) is 0 Å². The van der Waals surface area contributed by atoms with Crippen molar-refractivity contribution in [3.63, 3.8) is 0 Å². The molecule has 1 unspecified atom stereocenters. The summed E-state index contributed by atoms with van der Waals surface area (Å²) in [4.78, 5) is 7.71. The van der Waals surface area contributed by atoms with Gasteiger partial charge in [0.25, 0.3) is 0 Å². The highest BCUT2D eigenvalue weighted by Gasteiger charge is 2.53. The van der Waals surface area contributed by atoms with Gasteiger partial charge >= 0.3 is 0 Å². The van der Waals surface area contributed by atoms with Crippen LogP contribution in [0, 0.1) is 0 Å². The molecule has 0 bridgehead atoms. The molecule has 62 heavy (non-hydrogen) atoms. The number of benzene rings is 8. The molecule has 1 spiro atoms. The maximum Gasteiger partial charge on any atom is 0.145 e. The number of nitrogens with zero attached hydrogens (tertiary/aromatic N) is 2. The molecular weight excluding hydrogens is 753 g/mol. The van der Waals surface area contributed by atoms with Gasteiger partial charge in [-0.3, -0.25) is 4.99 Å². The van der Waals surface area contributed by atoms with Gasteiger partial charge in [0.05, 0.1) is 22.5 Å². The molecule has 1 aliphatic carbocycles. The fraction of sp³-hybridized carbons (Fsp3) is 0.0517. The first kappa shape index (κ1) is 35.9. The van der Waals surface area contributed by atoms with Gasteiger partial charge in [0.1, 0.15) is 6.17 Å². The van der Waals surface area contributed by atoms with Crippen molar-refractivity contribution in [2.75, 3.05) is 11.4 Å². The molecule has 0 saturated heterocycles. The Bertz CT molecular complexity index is 3090. The standard InChI is InChI=1S/C58H42N4/c1-4-16-39(17-5-1)40-29-31-41(32-30-40)52-38-53(61-57(60-52)42-18-6-2-7-19-42)45-21-14-20-43(36-45)44-33-34-47-48-24-15-35-59-56(48)58(51(47)37-44)49-25-10-12-27-54(49)62(46-22-8-3-9-23-46)55-28-13-11-26-50(55)58/h1-34,36-38,57,59,61H,35H2. The highest BCUT2D eigenvalue weighted by Crippen LogP contribution is 2.62. The summed E-state index contributed by atoms with van der Waals surface area (Å²) in [7, 11) is 0. The SMILES string of the molecule is C1=CC2=C(NC1)C1(c3cc(-c4cccc(C5=CC(c6ccc(-c7ccccc7)cc6)=NC(c6ccccc6)N5)c4)ccc32)c2ccccc2N(c2ccccc2)c2ccccc21. The van der Waals surface area contributed by atoms with Crippen molar-refractivity contribution < 1.29 is 0 Å².